The number of hydrogen-bond acceptors (Lipinski definition) is 4. The van der Waals surface area contributed by atoms with E-state index in [-0.39, 0.29) is 5.91 Å². The van der Waals surface area contributed by atoms with Gasteiger partial charge in [-0.2, -0.15) is 0 Å². The maximum Gasteiger partial charge on any atom is 0.220 e. The van der Waals surface area contributed by atoms with Crippen LogP contribution in [0.3, 0.4) is 0 Å². The lowest BCUT2D eigenvalue weighted by atomic mass is 10.1. The molecule has 0 aliphatic carbocycles. The molecule has 1 amide bonds. The SMILES string of the molecule is Cc1ccc(-c2cnc(CCC(=O)NCCc3ccco3)o2)cc1C. The largest absolute Gasteiger partial charge is 0.469 e. The van der Waals surface area contributed by atoms with Crippen molar-refractivity contribution in [2.45, 2.75) is 33.1 Å². The number of furan rings is 1. The highest BCUT2D eigenvalue weighted by Gasteiger charge is 2.09. The minimum absolute atomic E-state index is 0.0162. The number of nitrogens with one attached hydrogen (secondary N) is 1. The second-order valence-corrected chi connectivity index (χ2v) is 6.10. The van der Waals surface area contributed by atoms with E-state index in [4.69, 9.17) is 8.83 Å². The molecule has 25 heavy (non-hydrogen) atoms. The van der Waals surface area contributed by atoms with Gasteiger partial charge >= 0.3 is 0 Å². The quantitative estimate of drug-likeness (QED) is 0.710. The fourth-order valence-electron chi connectivity index (χ4n) is 2.54. The molecule has 0 radical (unpaired) electrons. The van der Waals surface area contributed by atoms with Crippen molar-refractivity contribution in [3.63, 3.8) is 0 Å². The van der Waals surface area contributed by atoms with Crippen LogP contribution >= 0.6 is 0 Å². The lowest BCUT2D eigenvalue weighted by Crippen LogP contribution is -2.25. The Morgan fingerprint density at radius 1 is 1.16 bits per heavy atom. The number of benzene rings is 1. The summed E-state index contributed by atoms with van der Waals surface area (Å²) >= 11 is 0. The zero-order valence-corrected chi connectivity index (χ0v) is 14.5. The first kappa shape index (κ1) is 17.0. The molecule has 0 saturated heterocycles. The summed E-state index contributed by atoms with van der Waals surface area (Å²) in [4.78, 5) is 16.2. The second kappa shape index (κ2) is 7.83. The van der Waals surface area contributed by atoms with Crippen molar-refractivity contribution in [2.24, 2.45) is 0 Å². The Balaban J connectivity index is 1.48. The maximum absolute atomic E-state index is 11.9. The van der Waals surface area contributed by atoms with Crippen molar-refractivity contribution in [1.82, 2.24) is 10.3 Å². The van der Waals surface area contributed by atoms with Gasteiger partial charge in [0.15, 0.2) is 11.7 Å². The third-order valence-corrected chi connectivity index (χ3v) is 4.18. The van der Waals surface area contributed by atoms with Crippen LogP contribution in [0.25, 0.3) is 11.3 Å². The van der Waals surface area contributed by atoms with Gasteiger partial charge in [0.25, 0.3) is 0 Å². The molecule has 3 aromatic rings. The lowest BCUT2D eigenvalue weighted by molar-refractivity contribution is -0.121. The Morgan fingerprint density at radius 3 is 2.80 bits per heavy atom. The van der Waals surface area contributed by atoms with Gasteiger partial charge in [-0.15, -0.1) is 0 Å². The average molecular weight is 338 g/mol. The van der Waals surface area contributed by atoms with E-state index in [1.165, 1.54) is 11.1 Å². The molecule has 1 aromatic carbocycles. The van der Waals surface area contributed by atoms with Gasteiger partial charge < -0.3 is 14.2 Å². The number of rotatable bonds is 7. The number of oxazole rings is 1. The van der Waals surface area contributed by atoms with E-state index in [2.05, 4.69) is 36.3 Å². The minimum atomic E-state index is -0.0162. The summed E-state index contributed by atoms with van der Waals surface area (Å²) in [5.41, 5.74) is 3.46. The van der Waals surface area contributed by atoms with Crippen molar-refractivity contribution >= 4 is 5.91 Å². The minimum Gasteiger partial charge on any atom is -0.469 e. The highest BCUT2D eigenvalue weighted by atomic mass is 16.4. The molecule has 0 spiro atoms. The van der Waals surface area contributed by atoms with E-state index < -0.39 is 0 Å². The monoisotopic (exact) mass is 338 g/mol. The first-order valence-corrected chi connectivity index (χ1v) is 8.43. The van der Waals surface area contributed by atoms with Crippen LogP contribution in [-0.4, -0.2) is 17.4 Å². The number of carbonyl (C=O) groups excluding carboxylic acids is 1. The normalized spacial score (nSPS) is 10.8. The Labute approximate surface area is 147 Å². The van der Waals surface area contributed by atoms with Gasteiger partial charge in [-0.25, -0.2) is 4.98 Å². The predicted molar refractivity (Wildman–Crippen MR) is 95.2 cm³/mol. The predicted octanol–water partition coefficient (Wildman–Crippen LogP) is 3.84. The molecular weight excluding hydrogens is 316 g/mol. The molecule has 0 aliphatic heterocycles. The number of aromatic nitrogens is 1. The summed E-state index contributed by atoms with van der Waals surface area (Å²) in [6.07, 6.45) is 4.87. The summed E-state index contributed by atoms with van der Waals surface area (Å²) in [5.74, 6) is 2.16. The highest BCUT2D eigenvalue weighted by Crippen LogP contribution is 2.23. The van der Waals surface area contributed by atoms with Gasteiger partial charge in [0, 0.05) is 31.4 Å². The Hall–Kier alpha value is -2.82. The smallest absolute Gasteiger partial charge is 0.220 e. The molecule has 0 saturated carbocycles. The van der Waals surface area contributed by atoms with Gasteiger partial charge in [-0.05, 0) is 43.2 Å². The molecule has 3 rings (SSSR count). The van der Waals surface area contributed by atoms with Crippen molar-refractivity contribution in [3.8, 4) is 11.3 Å². The third kappa shape index (κ3) is 4.59. The fourth-order valence-corrected chi connectivity index (χ4v) is 2.54. The third-order valence-electron chi connectivity index (χ3n) is 4.18. The molecule has 0 unspecified atom stereocenters. The van der Waals surface area contributed by atoms with Crippen LogP contribution < -0.4 is 5.32 Å². The van der Waals surface area contributed by atoms with Gasteiger partial charge in [0.1, 0.15) is 5.76 Å². The highest BCUT2D eigenvalue weighted by molar-refractivity contribution is 5.76. The molecule has 0 atom stereocenters. The molecule has 1 N–H and O–H groups in total. The van der Waals surface area contributed by atoms with Crippen molar-refractivity contribution < 1.29 is 13.6 Å². The van der Waals surface area contributed by atoms with Crippen LogP contribution in [0.5, 0.6) is 0 Å². The van der Waals surface area contributed by atoms with Gasteiger partial charge in [0.05, 0.1) is 12.5 Å². The Kier molecular flexibility index (Phi) is 5.33. The van der Waals surface area contributed by atoms with Crippen molar-refractivity contribution in [3.05, 3.63) is 65.6 Å². The fraction of sp³-hybridized carbons (Fsp3) is 0.300. The molecular formula is C20H22N2O3. The topological polar surface area (TPSA) is 68.3 Å². The van der Waals surface area contributed by atoms with Crippen molar-refractivity contribution in [1.29, 1.82) is 0 Å². The van der Waals surface area contributed by atoms with Crippen LogP contribution in [0.1, 0.15) is 29.2 Å². The van der Waals surface area contributed by atoms with E-state index in [0.29, 0.717) is 31.7 Å². The molecule has 0 bridgehead atoms. The summed E-state index contributed by atoms with van der Waals surface area (Å²) < 4.78 is 11.0. The maximum atomic E-state index is 11.9. The standard InChI is InChI=1S/C20H22N2O3/c1-14-5-6-16(12-15(14)2)18-13-22-20(25-18)8-7-19(23)21-10-9-17-4-3-11-24-17/h3-6,11-13H,7-10H2,1-2H3,(H,21,23). The molecule has 5 heteroatoms. The first-order chi connectivity index (χ1) is 12.1. The zero-order valence-electron chi connectivity index (χ0n) is 14.5. The average Bonchev–Trinajstić information content (AvgIpc) is 3.27. The van der Waals surface area contributed by atoms with Gasteiger partial charge in [-0.3, -0.25) is 4.79 Å². The van der Waals surface area contributed by atoms with E-state index in [1.807, 2.05) is 18.2 Å². The number of amides is 1. The first-order valence-electron chi connectivity index (χ1n) is 8.43. The molecule has 0 aliphatic rings. The summed E-state index contributed by atoms with van der Waals surface area (Å²) in [6.45, 7) is 4.71. The van der Waals surface area contributed by atoms with Crippen LogP contribution in [0.15, 0.2) is 51.6 Å². The molecule has 5 nitrogen and oxygen atoms in total. The van der Waals surface area contributed by atoms with Crippen LogP contribution in [0.2, 0.25) is 0 Å². The van der Waals surface area contributed by atoms with Crippen LogP contribution in [-0.2, 0) is 17.6 Å². The number of nitrogens with zero attached hydrogens (tertiary/aromatic N) is 1. The summed E-state index contributed by atoms with van der Waals surface area (Å²) in [6, 6.07) is 9.91. The molecule has 130 valence electrons. The van der Waals surface area contributed by atoms with Gasteiger partial charge in [0.2, 0.25) is 5.91 Å². The summed E-state index contributed by atoms with van der Waals surface area (Å²) in [7, 11) is 0. The molecule has 2 heterocycles. The molecule has 0 fully saturated rings. The number of carbonyl (C=O) groups is 1. The lowest BCUT2D eigenvalue weighted by Gasteiger charge is -2.03. The zero-order chi connectivity index (χ0) is 17.6. The van der Waals surface area contributed by atoms with Crippen molar-refractivity contribution in [2.75, 3.05) is 6.54 Å². The second-order valence-electron chi connectivity index (χ2n) is 6.10. The van der Waals surface area contributed by atoms with Gasteiger partial charge in [-0.1, -0.05) is 12.1 Å². The summed E-state index contributed by atoms with van der Waals surface area (Å²) in [5, 5.41) is 2.87. The van der Waals surface area contributed by atoms with Crippen LogP contribution in [0.4, 0.5) is 0 Å². The van der Waals surface area contributed by atoms with E-state index in [9.17, 15) is 4.79 Å². The Morgan fingerprint density at radius 2 is 2.04 bits per heavy atom. The molecule has 2 aromatic heterocycles. The number of aryl methyl sites for hydroxylation is 3. The van der Waals surface area contributed by atoms with Crippen LogP contribution in [0, 0.1) is 13.8 Å². The van der Waals surface area contributed by atoms with E-state index in [1.54, 1.807) is 12.5 Å². The van der Waals surface area contributed by atoms with E-state index >= 15 is 0 Å². The Bertz CT molecular complexity index is 835. The number of hydrogen-bond donors (Lipinski definition) is 1. The van der Waals surface area contributed by atoms with E-state index in [0.717, 1.165) is 17.1 Å².